The monoisotopic (exact) mass is 466 g/mol. The molecule has 0 bridgehead atoms. The van der Waals surface area contributed by atoms with Gasteiger partial charge in [0.15, 0.2) is 0 Å². The van der Waals surface area contributed by atoms with E-state index in [1.54, 1.807) is 25.1 Å². The van der Waals surface area contributed by atoms with E-state index in [0.29, 0.717) is 52.9 Å². The summed E-state index contributed by atoms with van der Waals surface area (Å²) in [4.78, 5) is 31.2. The van der Waals surface area contributed by atoms with E-state index >= 15 is 0 Å². The highest BCUT2D eigenvalue weighted by molar-refractivity contribution is 6.35. The van der Waals surface area contributed by atoms with Crippen molar-refractivity contribution in [2.75, 3.05) is 26.4 Å². The maximum Gasteiger partial charge on any atom is 0.336 e. The number of nitrogens with zero attached hydrogens (tertiary/aromatic N) is 1. The van der Waals surface area contributed by atoms with Crippen molar-refractivity contribution >= 4 is 40.7 Å². The smallest absolute Gasteiger partial charge is 0.336 e. The lowest BCUT2D eigenvalue weighted by Crippen LogP contribution is -2.44. The second kappa shape index (κ2) is 9.82. The van der Waals surface area contributed by atoms with Crippen molar-refractivity contribution in [3.8, 4) is 0 Å². The summed E-state index contributed by atoms with van der Waals surface area (Å²) in [5.41, 5.74) is 7.50. The van der Waals surface area contributed by atoms with Gasteiger partial charge in [0, 0.05) is 34.6 Å². The Morgan fingerprint density at radius 3 is 2.65 bits per heavy atom. The number of hydrogen-bond donors (Lipinski definition) is 1. The Kier molecular flexibility index (Phi) is 7.58. The highest BCUT2D eigenvalue weighted by atomic mass is 35.5. The first-order valence-corrected chi connectivity index (χ1v) is 11.2. The van der Waals surface area contributed by atoms with Gasteiger partial charge in [0.05, 0.1) is 37.0 Å². The van der Waals surface area contributed by atoms with Crippen LogP contribution in [0.25, 0.3) is 0 Å². The Morgan fingerprint density at radius 2 is 2.00 bits per heavy atom. The topological polar surface area (TPSA) is 91.0 Å². The fourth-order valence-corrected chi connectivity index (χ4v) is 4.93. The highest BCUT2D eigenvalue weighted by Crippen LogP contribution is 2.48. The molecule has 0 amide bonds. The summed E-state index contributed by atoms with van der Waals surface area (Å²) in [7, 11) is 0. The summed E-state index contributed by atoms with van der Waals surface area (Å²) in [6.45, 7) is 6.79. The summed E-state index contributed by atoms with van der Waals surface area (Å²) >= 11 is 12.7. The molecule has 3 rings (SSSR count). The first-order valence-electron chi connectivity index (χ1n) is 10.4. The number of ether oxygens (including phenoxy) is 2. The second-order valence-corrected chi connectivity index (χ2v) is 9.47. The van der Waals surface area contributed by atoms with Crippen molar-refractivity contribution in [2.24, 2.45) is 22.1 Å². The zero-order valence-electron chi connectivity index (χ0n) is 18.0. The third-order valence-corrected chi connectivity index (χ3v) is 6.11. The van der Waals surface area contributed by atoms with E-state index in [1.165, 1.54) is 0 Å². The summed E-state index contributed by atoms with van der Waals surface area (Å²) in [6, 6.07) is 5.09. The van der Waals surface area contributed by atoms with Crippen LogP contribution in [0.5, 0.6) is 0 Å². The van der Waals surface area contributed by atoms with Crippen molar-refractivity contribution in [3.63, 3.8) is 0 Å². The SMILES string of the molecule is CCOC(=O)C1=C(COCCN)N=C2CC(C)(C)CC(=O)C2C1c1ccc(Cl)cc1Cl. The summed E-state index contributed by atoms with van der Waals surface area (Å²) < 4.78 is 11.0. The quantitative estimate of drug-likeness (QED) is 0.476. The molecule has 0 spiro atoms. The zero-order chi connectivity index (χ0) is 22.8. The lowest BCUT2D eigenvalue weighted by Gasteiger charge is -2.41. The maximum atomic E-state index is 13.3. The van der Waals surface area contributed by atoms with Crippen molar-refractivity contribution in [2.45, 2.75) is 39.5 Å². The number of nitrogens with two attached hydrogens (primary N) is 1. The van der Waals surface area contributed by atoms with E-state index in [2.05, 4.69) is 0 Å². The number of benzene rings is 1. The van der Waals surface area contributed by atoms with Crippen LogP contribution in [0.4, 0.5) is 0 Å². The molecule has 6 nitrogen and oxygen atoms in total. The van der Waals surface area contributed by atoms with Gasteiger partial charge in [0.2, 0.25) is 0 Å². The second-order valence-electron chi connectivity index (χ2n) is 8.63. The molecular formula is C23H28Cl2N2O4. The van der Waals surface area contributed by atoms with E-state index in [4.69, 9.17) is 43.4 Å². The van der Waals surface area contributed by atoms with Crippen LogP contribution in [0.2, 0.25) is 10.0 Å². The Balaban J connectivity index is 2.21. The Morgan fingerprint density at radius 1 is 1.26 bits per heavy atom. The van der Waals surface area contributed by atoms with Crippen molar-refractivity contribution in [1.82, 2.24) is 0 Å². The lowest BCUT2D eigenvalue weighted by molar-refractivity contribution is -0.139. The number of carbonyl (C=O) groups is 2. The third kappa shape index (κ3) is 5.20. The lowest BCUT2D eigenvalue weighted by atomic mass is 9.63. The number of ketones is 1. The minimum absolute atomic E-state index is 0.0368. The number of aliphatic imine (C=N–C) groups is 1. The number of esters is 1. The molecule has 0 radical (unpaired) electrons. The molecule has 8 heteroatoms. The van der Waals surface area contributed by atoms with Crippen LogP contribution in [0.15, 0.2) is 34.5 Å². The van der Waals surface area contributed by atoms with Crippen molar-refractivity contribution < 1.29 is 19.1 Å². The number of Topliss-reactive ketones (excluding diaryl/α,β-unsaturated/α-hetero) is 1. The predicted octanol–water partition coefficient (Wildman–Crippen LogP) is 4.33. The van der Waals surface area contributed by atoms with Crippen LogP contribution >= 0.6 is 23.2 Å². The molecule has 0 aromatic heterocycles. The van der Waals surface area contributed by atoms with Gasteiger partial charge in [-0.15, -0.1) is 0 Å². The van der Waals surface area contributed by atoms with E-state index in [1.807, 2.05) is 13.8 Å². The van der Waals surface area contributed by atoms with Gasteiger partial charge in [-0.05, 0) is 36.5 Å². The summed E-state index contributed by atoms with van der Waals surface area (Å²) in [5, 5.41) is 0.864. The molecule has 1 heterocycles. The molecule has 2 aliphatic rings. The van der Waals surface area contributed by atoms with Gasteiger partial charge >= 0.3 is 5.97 Å². The molecule has 1 aliphatic heterocycles. The molecule has 1 aromatic rings. The van der Waals surface area contributed by atoms with Gasteiger partial charge in [-0.25, -0.2) is 4.79 Å². The summed E-state index contributed by atoms with van der Waals surface area (Å²) in [5.74, 6) is -1.68. The number of fused-ring (bicyclic) bond motifs is 1. The van der Waals surface area contributed by atoms with Crippen LogP contribution in [-0.2, 0) is 19.1 Å². The van der Waals surface area contributed by atoms with Gasteiger partial charge in [-0.3, -0.25) is 9.79 Å². The highest BCUT2D eigenvalue weighted by Gasteiger charge is 2.48. The molecule has 2 atom stereocenters. The van der Waals surface area contributed by atoms with E-state index in [9.17, 15) is 9.59 Å². The Hall–Kier alpha value is -1.73. The zero-order valence-corrected chi connectivity index (χ0v) is 19.6. The van der Waals surface area contributed by atoms with Gasteiger partial charge in [-0.1, -0.05) is 43.1 Å². The standard InChI is InChI=1S/C23H28Cl2N2O4/c1-4-31-22(29)21-17(12-30-8-7-26)27-16-10-23(2,3)11-18(28)20(16)19(21)14-6-5-13(24)9-15(14)25/h5-6,9,19-20H,4,7-8,10-12,26H2,1-3H3. The van der Waals surface area contributed by atoms with Crippen molar-refractivity contribution in [3.05, 3.63) is 45.1 Å². The van der Waals surface area contributed by atoms with Gasteiger partial charge in [0.1, 0.15) is 5.78 Å². The molecule has 1 aliphatic carbocycles. The fourth-order valence-electron chi connectivity index (χ4n) is 4.40. The number of halogens is 2. The number of carbonyl (C=O) groups excluding carboxylic acids is 2. The van der Waals surface area contributed by atoms with Gasteiger partial charge < -0.3 is 15.2 Å². The maximum absolute atomic E-state index is 13.3. The molecule has 0 saturated heterocycles. The normalized spacial score (nSPS) is 22.8. The minimum atomic E-state index is -0.614. The molecule has 31 heavy (non-hydrogen) atoms. The first-order chi connectivity index (χ1) is 14.7. The van der Waals surface area contributed by atoms with Gasteiger partial charge in [-0.2, -0.15) is 0 Å². The average Bonchev–Trinajstić information content (AvgIpc) is 2.66. The van der Waals surface area contributed by atoms with E-state index < -0.39 is 17.8 Å². The molecule has 1 aromatic carbocycles. The molecule has 1 saturated carbocycles. The number of rotatable bonds is 7. The average molecular weight is 467 g/mol. The van der Waals surface area contributed by atoms with Gasteiger partial charge in [0.25, 0.3) is 0 Å². The predicted molar refractivity (Wildman–Crippen MR) is 122 cm³/mol. The van der Waals surface area contributed by atoms with Crippen LogP contribution in [0.3, 0.4) is 0 Å². The minimum Gasteiger partial charge on any atom is -0.463 e. The number of hydrogen-bond acceptors (Lipinski definition) is 6. The fraction of sp³-hybridized carbons (Fsp3) is 0.522. The van der Waals surface area contributed by atoms with Crippen LogP contribution < -0.4 is 5.73 Å². The first kappa shape index (κ1) is 23.9. The molecular weight excluding hydrogens is 439 g/mol. The van der Waals surface area contributed by atoms with E-state index in [0.717, 1.165) is 5.71 Å². The molecule has 2 unspecified atom stereocenters. The molecule has 1 fully saturated rings. The molecule has 2 N–H and O–H groups in total. The third-order valence-electron chi connectivity index (χ3n) is 5.55. The van der Waals surface area contributed by atoms with Crippen LogP contribution in [0, 0.1) is 11.3 Å². The largest absolute Gasteiger partial charge is 0.463 e. The molecule has 168 valence electrons. The summed E-state index contributed by atoms with van der Waals surface area (Å²) in [6.07, 6.45) is 1.04. The van der Waals surface area contributed by atoms with E-state index in [-0.39, 0.29) is 24.4 Å². The van der Waals surface area contributed by atoms with Crippen LogP contribution in [0.1, 0.15) is 45.1 Å². The Bertz CT molecular complexity index is 940. The van der Waals surface area contributed by atoms with Crippen molar-refractivity contribution in [1.29, 1.82) is 0 Å². The van der Waals surface area contributed by atoms with Crippen LogP contribution in [-0.4, -0.2) is 43.8 Å². The Labute approximate surface area is 192 Å².